The van der Waals surface area contributed by atoms with Crippen LogP contribution in [0.1, 0.15) is 33.6 Å². The highest BCUT2D eigenvalue weighted by molar-refractivity contribution is 5.97. The van der Waals surface area contributed by atoms with Crippen molar-refractivity contribution in [3.63, 3.8) is 0 Å². The first-order valence-electron chi connectivity index (χ1n) is 6.19. The third-order valence-corrected chi connectivity index (χ3v) is 3.07. The quantitative estimate of drug-likeness (QED) is 0.787. The van der Waals surface area contributed by atoms with Crippen molar-refractivity contribution in [3.05, 3.63) is 0 Å². The summed E-state index contributed by atoms with van der Waals surface area (Å²) in [6, 6.07) is -0.908. The molecule has 0 saturated carbocycles. The molecule has 5 heteroatoms. The van der Waals surface area contributed by atoms with Crippen molar-refractivity contribution in [2.45, 2.75) is 45.7 Å². The van der Waals surface area contributed by atoms with Crippen LogP contribution in [0, 0.1) is 5.92 Å². The van der Waals surface area contributed by atoms with Crippen molar-refractivity contribution in [1.82, 2.24) is 10.2 Å². The summed E-state index contributed by atoms with van der Waals surface area (Å²) >= 11 is 0. The van der Waals surface area contributed by atoms with Gasteiger partial charge in [-0.3, -0.25) is 14.0 Å². The van der Waals surface area contributed by atoms with E-state index in [2.05, 4.69) is 5.32 Å². The number of alkyl halides is 1. The predicted molar refractivity (Wildman–Crippen MR) is 63.2 cm³/mol. The fourth-order valence-electron chi connectivity index (χ4n) is 2.22. The summed E-state index contributed by atoms with van der Waals surface area (Å²) in [7, 11) is 0. The number of nitrogens with one attached hydrogen (secondary N) is 1. The van der Waals surface area contributed by atoms with Crippen LogP contribution < -0.4 is 5.32 Å². The van der Waals surface area contributed by atoms with Gasteiger partial charge in [0.25, 0.3) is 0 Å². The Kier molecular flexibility index (Phi) is 4.90. The zero-order valence-electron chi connectivity index (χ0n) is 10.7. The minimum atomic E-state index is -0.465. The first kappa shape index (κ1) is 13.9. The van der Waals surface area contributed by atoms with Crippen LogP contribution in [-0.4, -0.2) is 42.0 Å². The number of halogens is 1. The normalized spacial score (nSPS) is 25.4. The highest BCUT2D eigenvalue weighted by Crippen LogP contribution is 2.18. The molecule has 1 aliphatic heterocycles. The van der Waals surface area contributed by atoms with Gasteiger partial charge in [0.1, 0.15) is 12.1 Å². The van der Waals surface area contributed by atoms with E-state index >= 15 is 0 Å². The molecule has 1 fully saturated rings. The summed E-state index contributed by atoms with van der Waals surface area (Å²) < 4.78 is 12.2. The second-order valence-corrected chi connectivity index (χ2v) is 4.73. The van der Waals surface area contributed by atoms with Crippen LogP contribution in [0.15, 0.2) is 0 Å². The summed E-state index contributed by atoms with van der Waals surface area (Å²) in [5.74, 6) is -0.166. The molecule has 2 atom stereocenters. The molecule has 4 nitrogen and oxygen atoms in total. The molecular weight excluding hydrogens is 223 g/mol. The van der Waals surface area contributed by atoms with Crippen molar-refractivity contribution in [2.24, 2.45) is 5.92 Å². The Balaban J connectivity index is 2.87. The lowest BCUT2D eigenvalue weighted by molar-refractivity contribution is -0.151. The third-order valence-electron chi connectivity index (χ3n) is 3.07. The molecule has 1 N–H and O–H groups in total. The summed E-state index contributed by atoms with van der Waals surface area (Å²) in [6.07, 6.45) is 0.861. The smallest absolute Gasteiger partial charge is 0.245 e. The third kappa shape index (κ3) is 2.96. The van der Waals surface area contributed by atoms with Gasteiger partial charge in [-0.05, 0) is 18.8 Å². The van der Waals surface area contributed by atoms with E-state index < -0.39 is 18.8 Å². The summed E-state index contributed by atoms with van der Waals surface area (Å²) in [5.41, 5.74) is 0. The number of carbonyl (C=O) groups is 2. The van der Waals surface area contributed by atoms with E-state index in [1.165, 1.54) is 4.90 Å². The monoisotopic (exact) mass is 244 g/mol. The van der Waals surface area contributed by atoms with Crippen LogP contribution in [0.2, 0.25) is 0 Å². The lowest BCUT2D eigenvalue weighted by atomic mass is 9.96. The number of rotatable bonds is 5. The maximum atomic E-state index is 12.2. The molecule has 0 aromatic carbocycles. The van der Waals surface area contributed by atoms with Crippen LogP contribution in [0.3, 0.4) is 0 Å². The largest absolute Gasteiger partial charge is 0.343 e. The fraction of sp³-hybridized carbons (Fsp3) is 0.833. The van der Waals surface area contributed by atoms with Gasteiger partial charge in [0.05, 0.1) is 6.67 Å². The molecule has 1 rings (SSSR count). The first-order valence-corrected chi connectivity index (χ1v) is 6.19. The maximum Gasteiger partial charge on any atom is 0.245 e. The molecule has 17 heavy (non-hydrogen) atoms. The molecule has 1 heterocycles. The van der Waals surface area contributed by atoms with Gasteiger partial charge < -0.3 is 10.2 Å². The standard InChI is InChI=1S/C12H21FN2O2/c1-4-9-12(17)15(7-5-6-13)10(8(2)3)11(16)14-9/h8-10H,4-7H2,1-3H3,(H,14,16). The van der Waals surface area contributed by atoms with Crippen LogP contribution >= 0.6 is 0 Å². The van der Waals surface area contributed by atoms with Gasteiger partial charge in [-0.2, -0.15) is 0 Å². The molecule has 1 aliphatic rings. The molecule has 0 bridgehead atoms. The van der Waals surface area contributed by atoms with Crippen molar-refractivity contribution in [1.29, 1.82) is 0 Å². The van der Waals surface area contributed by atoms with Gasteiger partial charge >= 0.3 is 0 Å². The molecule has 2 unspecified atom stereocenters. The highest BCUT2D eigenvalue weighted by atomic mass is 19.1. The van der Waals surface area contributed by atoms with Crippen molar-refractivity contribution in [3.8, 4) is 0 Å². The van der Waals surface area contributed by atoms with E-state index in [1.54, 1.807) is 0 Å². The van der Waals surface area contributed by atoms with E-state index in [0.717, 1.165) is 0 Å². The second kappa shape index (κ2) is 5.98. The van der Waals surface area contributed by atoms with Crippen LogP contribution in [-0.2, 0) is 9.59 Å². The summed E-state index contributed by atoms with van der Waals surface area (Å²) in [4.78, 5) is 25.6. The Labute approximate surface area is 102 Å². The Morgan fingerprint density at radius 2 is 2.06 bits per heavy atom. The number of piperazine rings is 1. The Morgan fingerprint density at radius 1 is 1.41 bits per heavy atom. The van der Waals surface area contributed by atoms with Crippen molar-refractivity contribution >= 4 is 11.8 Å². The molecule has 0 aliphatic carbocycles. The minimum absolute atomic E-state index is 0.0383. The average molecular weight is 244 g/mol. The van der Waals surface area contributed by atoms with Gasteiger partial charge in [0.15, 0.2) is 0 Å². The lowest BCUT2D eigenvalue weighted by Gasteiger charge is -2.40. The number of carbonyl (C=O) groups excluding carboxylic acids is 2. The zero-order chi connectivity index (χ0) is 13.0. The Hall–Kier alpha value is -1.13. The molecule has 98 valence electrons. The summed E-state index contributed by atoms with van der Waals surface area (Å²) in [5, 5.41) is 2.73. The van der Waals surface area contributed by atoms with E-state index in [0.29, 0.717) is 19.4 Å². The summed E-state index contributed by atoms with van der Waals surface area (Å²) in [6.45, 7) is 5.50. The Morgan fingerprint density at radius 3 is 2.53 bits per heavy atom. The number of hydrogen-bond acceptors (Lipinski definition) is 2. The van der Waals surface area contributed by atoms with Gasteiger partial charge in [-0.25, -0.2) is 0 Å². The average Bonchev–Trinajstić information content (AvgIpc) is 2.28. The minimum Gasteiger partial charge on any atom is -0.343 e. The van der Waals surface area contributed by atoms with Gasteiger partial charge in [0, 0.05) is 6.54 Å². The zero-order valence-corrected chi connectivity index (χ0v) is 10.7. The predicted octanol–water partition coefficient (Wildman–Crippen LogP) is 1.11. The Bertz CT molecular complexity index is 294. The number of hydrogen-bond donors (Lipinski definition) is 1. The number of amides is 2. The van der Waals surface area contributed by atoms with Crippen LogP contribution in [0.5, 0.6) is 0 Å². The lowest BCUT2D eigenvalue weighted by Crippen LogP contribution is -2.64. The molecule has 0 aromatic heterocycles. The molecular formula is C12H21FN2O2. The van der Waals surface area contributed by atoms with E-state index in [1.807, 2.05) is 20.8 Å². The van der Waals surface area contributed by atoms with E-state index in [9.17, 15) is 14.0 Å². The van der Waals surface area contributed by atoms with Gasteiger partial charge in [-0.15, -0.1) is 0 Å². The first-order chi connectivity index (χ1) is 8.02. The van der Waals surface area contributed by atoms with Crippen molar-refractivity contribution in [2.75, 3.05) is 13.2 Å². The fourth-order valence-corrected chi connectivity index (χ4v) is 2.22. The molecule has 1 saturated heterocycles. The van der Waals surface area contributed by atoms with Crippen LogP contribution in [0.25, 0.3) is 0 Å². The maximum absolute atomic E-state index is 12.2. The van der Waals surface area contributed by atoms with E-state index in [-0.39, 0.29) is 17.7 Å². The van der Waals surface area contributed by atoms with Crippen molar-refractivity contribution < 1.29 is 14.0 Å². The molecule has 0 spiro atoms. The van der Waals surface area contributed by atoms with Crippen LogP contribution in [0.4, 0.5) is 4.39 Å². The second-order valence-electron chi connectivity index (χ2n) is 4.73. The van der Waals surface area contributed by atoms with Gasteiger partial charge in [-0.1, -0.05) is 20.8 Å². The molecule has 2 amide bonds. The van der Waals surface area contributed by atoms with E-state index in [4.69, 9.17) is 0 Å². The van der Waals surface area contributed by atoms with Gasteiger partial charge in [0.2, 0.25) is 11.8 Å². The number of nitrogens with zero attached hydrogens (tertiary/aromatic N) is 1. The highest BCUT2D eigenvalue weighted by Gasteiger charge is 2.40. The SMILES string of the molecule is CCC1NC(=O)C(C(C)C)N(CCCF)C1=O. The topological polar surface area (TPSA) is 49.4 Å². The molecule has 0 radical (unpaired) electrons. The molecule has 0 aromatic rings.